The van der Waals surface area contributed by atoms with Gasteiger partial charge in [-0.1, -0.05) is 192 Å². The molecule has 0 radical (unpaired) electrons. The summed E-state index contributed by atoms with van der Waals surface area (Å²) in [5.74, 6) is -0.248. The lowest BCUT2D eigenvalue weighted by atomic mass is 9.97. The summed E-state index contributed by atoms with van der Waals surface area (Å²) in [4.78, 5) is 13.2. The fourth-order valence-corrected chi connectivity index (χ4v) is 8.78. The molecule has 14 heteroatoms. The van der Waals surface area contributed by atoms with E-state index in [0.717, 1.165) is 32.1 Å². The molecule has 0 aliphatic carbocycles. The number of aliphatic hydroxyl groups excluding tert-OH is 8. The van der Waals surface area contributed by atoms with Crippen LogP contribution < -0.4 is 5.32 Å². The van der Waals surface area contributed by atoms with E-state index in [0.29, 0.717) is 12.8 Å². The van der Waals surface area contributed by atoms with Gasteiger partial charge in [-0.15, -0.1) is 0 Å². The maximum absolute atomic E-state index is 13.2. The van der Waals surface area contributed by atoms with E-state index in [2.05, 4.69) is 31.3 Å². The zero-order valence-corrected chi connectivity index (χ0v) is 41.2. The number of hydrogen-bond donors (Lipinski definition) is 9. The van der Waals surface area contributed by atoms with Crippen LogP contribution in [0.5, 0.6) is 0 Å². The molecule has 2 rings (SSSR count). The molecule has 2 aliphatic rings. The van der Waals surface area contributed by atoms with Crippen molar-refractivity contribution >= 4 is 5.91 Å². The van der Waals surface area contributed by atoms with Gasteiger partial charge in [0.05, 0.1) is 32.0 Å². The minimum absolute atomic E-state index is 0.248. The van der Waals surface area contributed by atoms with Gasteiger partial charge in [-0.25, -0.2) is 0 Å². The van der Waals surface area contributed by atoms with Gasteiger partial charge in [-0.2, -0.15) is 0 Å². The van der Waals surface area contributed by atoms with Crippen molar-refractivity contribution in [2.75, 3.05) is 19.8 Å². The monoisotopic (exact) mass is 944 g/mol. The number of rotatable bonds is 41. The van der Waals surface area contributed by atoms with E-state index in [1.807, 2.05) is 6.08 Å². The Morgan fingerprint density at radius 3 is 1.48 bits per heavy atom. The molecular weight excluding hydrogens is 847 g/mol. The van der Waals surface area contributed by atoms with Gasteiger partial charge in [0.15, 0.2) is 12.6 Å². The van der Waals surface area contributed by atoms with Gasteiger partial charge in [0, 0.05) is 6.42 Å². The Morgan fingerprint density at radius 2 is 0.970 bits per heavy atom. The van der Waals surface area contributed by atoms with Gasteiger partial charge in [-0.3, -0.25) is 4.79 Å². The third-order valence-electron chi connectivity index (χ3n) is 13.1. The SMILES string of the molecule is CCCCCCC/C=C/CC/C=C/C(O)C(COC1OC(CO)C(OC2OC(CO)C(O)C(O)C2O)C(O)C1O)NC(=O)CCCCCCCCCCCCCCCCCCCCCCC. The van der Waals surface area contributed by atoms with Crippen molar-refractivity contribution in [3.63, 3.8) is 0 Å². The Bertz CT molecular complexity index is 1210. The Balaban J connectivity index is 1.78. The third-order valence-corrected chi connectivity index (χ3v) is 13.1. The van der Waals surface area contributed by atoms with E-state index in [1.54, 1.807) is 6.08 Å². The Hall–Kier alpha value is -1.53. The maximum atomic E-state index is 13.2. The number of amides is 1. The number of hydrogen-bond acceptors (Lipinski definition) is 13. The Labute approximate surface area is 398 Å². The van der Waals surface area contributed by atoms with Crippen molar-refractivity contribution in [2.45, 2.75) is 280 Å². The number of ether oxygens (including phenoxy) is 4. The van der Waals surface area contributed by atoms with Crippen LogP contribution in [0.3, 0.4) is 0 Å². The topological polar surface area (TPSA) is 228 Å². The summed E-state index contributed by atoms with van der Waals surface area (Å²) >= 11 is 0. The number of nitrogens with one attached hydrogen (secondary N) is 1. The first kappa shape index (κ1) is 60.6. The summed E-state index contributed by atoms with van der Waals surface area (Å²) in [6.45, 7) is 2.75. The molecule has 0 aromatic rings. The molecule has 14 nitrogen and oxygen atoms in total. The van der Waals surface area contributed by atoms with Crippen molar-refractivity contribution in [2.24, 2.45) is 0 Å². The van der Waals surface area contributed by atoms with Crippen LogP contribution in [0, 0.1) is 0 Å². The van der Waals surface area contributed by atoms with E-state index in [1.165, 1.54) is 141 Å². The van der Waals surface area contributed by atoms with Gasteiger partial charge in [-0.05, 0) is 32.1 Å². The first-order valence-electron chi connectivity index (χ1n) is 26.6. The van der Waals surface area contributed by atoms with Crippen molar-refractivity contribution in [3.8, 4) is 0 Å². The highest BCUT2D eigenvalue weighted by molar-refractivity contribution is 5.76. The van der Waals surface area contributed by atoms with Gasteiger partial charge in [0.2, 0.25) is 5.91 Å². The summed E-state index contributed by atoms with van der Waals surface area (Å²) in [6.07, 6.45) is 26.6. The quantitative estimate of drug-likeness (QED) is 0.0216. The van der Waals surface area contributed by atoms with Crippen LogP contribution in [0.15, 0.2) is 24.3 Å². The summed E-state index contributed by atoms with van der Waals surface area (Å²) in [5.41, 5.74) is 0. The van der Waals surface area contributed by atoms with E-state index in [4.69, 9.17) is 18.9 Å². The van der Waals surface area contributed by atoms with E-state index in [-0.39, 0.29) is 18.9 Å². The molecule has 0 aromatic heterocycles. The van der Waals surface area contributed by atoms with E-state index in [9.17, 15) is 45.6 Å². The fourth-order valence-electron chi connectivity index (χ4n) is 8.78. The van der Waals surface area contributed by atoms with Crippen molar-refractivity contribution in [3.05, 3.63) is 24.3 Å². The molecule has 0 saturated carbocycles. The van der Waals surface area contributed by atoms with Crippen LogP contribution in [-0.2, 0) is 23.7 Å². The van der Waals surface area contributed by atoms with Crippen LogP contribution in [0.2, 0.25) is 0 Å². The lowest BCUT2D eigenvalue weighted by Gasteiger charge is -2.46. The molecule has 2 saturated heterocycles. The maximum Gasteiger partial charge on any atom is 0.220 e. The summed E-state index contributed by atoms with van der Waals surface area (Å²) in [7, 11) is 0. The fraction of sp³-hybridized carbons (Fsp3) is 0.904. The highest BCUT2D eigenvalue weighted by atomic mass is 16.7. The average molecular weight is 944 g/mol. The van der Waals surface area contributed by atoms with E-state index < -0.39 is 86.8 Å². The molecule has 2 fully saturated rings. The third kappa shape index (κ3) is 25.9. The second-order valence-corrected chi connectivity index (χ2v) is 19.0. The second kappa shape index (κ2) is 39.2. The summed E-state index contributed by atoms with van der Waals surface area (Å²) in [5, 5.41) is 86.6. The molecule has 388 valence electrons. The zero-order valence-electron chi connectivity index (χ0n) is 41.2. The molecule has 1 amide bonds. The summed E-state index contributed by atoms with van der Waals surface area (Å²) < 4.78 is 22.7. The number of aliphatic hydroxyl groups is 8. The molecule has 0 spiro atoms. The van der Waals surface area contributed by atoms with Gasteiger partial charge >= 0.3 is 0 Å². The summed E-state index contributed by atoms with van der Waals surface area (Å²) in [6, 6.07) is -0.925. The first-order valence-corrected chi connectivity index (χ1v) is 26.6. The molecule has 66 heavy (non-hydrogen) atoms. The molecule has 12 atom stereocenters. The number of carbonyl (C=O) groups excluding carboxylic acids is 1. The van der Waals surface area contributed by atoms with Gasteiger partial charge in [0.1, 0.15) is 48.8 Å². The lowest BCUT2D eigenvalue weighted by Crippen LogP contribution is -2.65. The predicted octanol–water partition coefficient (Wildman–Crippen LogP) is 7.33. The van der Waals surface area contributed by atoms with Crippen LogP contribution in [0.25, 0.3) is 0 Å². The molecule has 9 N–H and O–H groups in total. The van der Waals surface area contributed by atoms with Crippen LogP contribution in [-0.4, -0.2) is 140 Å². The first-order chi connectivity index (χ1) is 32.1. The van der Waals surface area contributed by atoms with Crippen LogP contribution in [0.4, 0.5) is 0 Å². The van der Waals surface area contributed by atoms with Gasteiger partial charge in [0.25, 0.3) is 0 Å². The number of allylic oxidation sites excluding steroid dienone is 3. The van der Waals surface area contributed by atoms with Crippen molar-refractivity contribution in [1.29, 1.82) is 0 Å². The predicted molar refractivity (Wildman–Crippen MR) is 258 cm³/mol. The zero-order chi connectivity index (χ0) is 48.2. The van der Waals surface area contributed by atoms with Crippen molar-refractivity contribution < 1.29 is 64.6 Å². The molecule has 12 unspecified atom stereocenters. The smallest absolute Gasteiger partial charge is 0.220 e. The highest BCUT2D eigenvalue weighted by Crippen LogP contribution is 2.30. The van der Waals surface area contributed by atoms with E-state index >= 15 is 0 Å². The molecule has 0 aromatic carbocycles. The average Bonchev–Trinajstić information content (AvgIpc) is 3.31. The minimum atomic E-state index is -1.79. The Morgan fingerprint density at radius 1 is 0.530 bits per heavy atom. The molecule has 2 aliphatic heterocycles. The number of unbranched alkanes of at least 4 members (excludes halogenated alkanes) is 26. The Kier molecular flexibility index (Phi) is 36.0. The largest absolute Gasteiger partial charge is 0.394 e. The highest BCUT2D eigenvalue weighted by Gasteiger charge is 2.51. The molecular formula is C52H97NO13. The van der Waals surface area contributed by atoms with Crippen LogP contribution >= 0.6 is 0 Å². The standard InChI is InChI=1S/C52H97NO13/c1-3-5-7-9-11-13-15-16-17-18-19-20-21-22-23-24-26-28-30-32-34-36-44(57)53-40(41(56)35-33-31-29-27-25-14-12-10-8-6-4-2)39-63-51-49(62)47(60)50(43(38-55)65-51)66-52-48(61)46(59)45(58)42(37-54)64-52/h25,27,33,35,40-43,45-52,54-56,58-62H,3-24,26,28-32,34,36-39H2,1-2H3,(H,53,57)/b27-25+,35-33+. The molecule has 2 heterocycles. The number of carbonyl (C=O) groups is 1. The second-order valence-electron chi connectivity index (χ2n) is 19.0. The van der Waals surface area contributed by atoms with Crippen molar-refractivity contribution in [1.82, 2.24) is 5.32 Å². The molecule has 0 bridgehead atoms. The minimum Gasteiger partial charge on any atom is -0.394 e. The normalized spacial score (nSPS) is 26.9. The van der Waals surface area contributed by atoms with Gasteiger partial charge < -0.3 is 65.1 Å². The lowest BCUT2D eigenvalue weighted by molar-refractivity contribution is -0.359. The van der Waals surface area contributed by atoms with Crippen LogP contribution in [0.1, 0.15) is 206 Å².